The van der Waals surface area contributed by atoms with Crippen LogP contribution in [0.15, 0.2) is 36.8 Å². The number of hydrogen-bond donors (Lipinski definition) is 4. The molecule has 14 nitrogen and oxygen atoms in total. The van der Waals surface area contributed by atoms with Crippen LogP contribution < -0.4 is 5.73 Å². The van der Waals surface area contributed by atoms with Gasteiger partial charge in [-0.3, -0.25) is 9.05 Å². The first-order valence-corrected chi connectivity index (χ1v) is 22.3. The normalized spacial score (nSPS) is 24.5. The molecule has 310 valence electrons. The van der Waals surface area contributed by atoms with E-state index in [1.807, 2.05) is 6.07 Å². The highest BCUT2D eigenvalue weighted by atomic mass is 31.2. The Morgan fingerprint density at radius 1 is 0.946 bits per heavy atom. The molecule has 1 saturated heterocycles. The molecule has 2 fully saturated rings. The Kier molecular flexibility index (Phi) is 16.7. The third-order valence-electron chi connectivity index (χ3n) is 11.5. The number of ether oxygens (including phenoxy) is 2. The van der Waals surface area contributed by atoms with Crippen molar-refractivity contribution in [2.75, 3.05) is 12.3 Å². The van der Waals surface area contributed by atoms with E-state index in [1.165, 1.54) is 114 Å². The molecule has 0 radical (unpaired) electrons. The van der Waals surface area contributed by atoms with Crippen molar-refractivity contribution in [2.24, 2.45) is 0 Å². The van der Waals surface area contributed by atoms with Crippen LogP contribution in [0.1, 0.15) is 159 Å². The van der Waals surface area contributed by atoms with Crippen molar-refractivity contribution in [3.8, 4) is 6.07 Å². The molecule has 3 aromatic rings. The number of nitriles is 1. The average Bonchev–Trinajstić information content (AvgIpc) is 3.44. The smallest absolute Gasteiger partial charge is 0.387 e. The van der Waals surface area contributed by atoms with E-state index in [9.17, 15) is 19.7 Å². The molecule has 7 atom stereocenters. The third kappa shape index (κ3) is 11.4. The van der Waals surface area contributed by atoms with Crippen molar-refractivity contribution in [3.63, 3.8) is 0 Å². The molecule has 0 aromatic carbocycles. The van der Waals surface area contributed by atoms with Gasteiger partial charge in [-0.15, -0.1) is 0 Å². The van der Waals surface area contributed by atoms with Crippen molar-refractivity contribution in [1.29, 1.82) is 5.26 Å². The largest absolute Gasteiger partial charge is 0.472 e. The van der Waals surface area contributed by atoms with E-state index in [0.29, 0.717) is 23.3 Å². The molecule has 0 bridgehead atoms. The number of anilines is 1. The van der Waals surface area contributed by atoms with Crippen LogP contribution in [-0.4, -0.2) is 70.8 Å². The zero-order valence-corrected chi connectivity index (χ0v) is 34.2. The van der Waals surface area contributed by atoms with Gasteiger partial charge in [0.1, 0.15) is 47.5 Å². The van der Waals surface area contributed by atoms with Gasteiger partial charge in [0.25, 0.3) is 0 Å². The van der Waals surface area contributed by atoms with Gasteiger partial charge in [0.05, 0.1) is 25.0 Å². The monoisotopic (exact) mass is 798 g/mol. The molecular weight excluding hydrogens is 735 g/mol. The minimum absolute atomic E-state index is 0.176. The minimum atomic E-state index is -4.74. The van der Waals surface area contributed by atoms with E-state index in [1.54, 1.807) is 30.5 Å². The maximum atomic E-state index is 13.2. The summed E-state index contributed by atoms with van der Waals surface area (Å²) in [7, 11) is -4.74. The van der Waals surface area contributed by atoms with Crippen LogP contribution in [0, 0.1) is 11.3 Å². The Morgan fingerprint density at radius 2 is 1.55 bits per heavy atom. The van der Waals surface area contributed by atoms with Gasteiger partial charge in [0.15, 0.2) is 11.4 Å². The summed E-state index contributed by atoms with van der Waals surface area (Å²) in [5, 5.41) is 35.9. The lowest BCUT2D eigenvalue weighted by atomic mass is 10.0. The van der Waals surface area contributed by atoms with E-state index in [2.05, 4.69) is 22.0 Å². The van der Waals surface area contributed by atoms with Crippen molar-refractivity contribution < 1.29 is 38.2 Å². The summed E-state index contributed by atoms with van der Waals surface area (Å²) in [5.74, 6) is 0.240. The first kappa shape index (κ1) is 44.1. The molecule has 5 N–H and O–H groups in total. The van der Waals surface area contributed by atoms with Gasteiger partial charge in [-0.2, -0.15) is 10.4 Å². The van der Waals surface area contributed by atoms with Crippen LogP contribution in [-0.2, 0) is 29.7 Å². The molecule has 15 heteroatoms. The van der Waals surface area contributed by atoms with Crippen LogP contribution in [0.2, 0.25) is 0 Å². The fourth-order valence-corrected chi connectivity index (χ4v) is 8.98. The Balaban J connectivity index is 1.02. The lowest BCUT2D eigenvalue weighted by Crippen LogP contribution is -2.35. The van der Waals surface area contributed by atoms with E-state index >= 15 is 0 Å². The molecule has 3 aromatic heterocycles. The maximum Gasteiger partial charge on any atom is 0.472 e. The van der Waals surface area contributed by atoms with Crippen LogP contribution in [0.25, 0.3) is 5.52 Å². The topological polar surface area (TPSA) is 208 Å². The number of nitrogens with two attached hydrogens (primary N) is 1. The number of rotatable bonds is 28. The highest BCUT2D eigenvalue weighted by molar-refractivity contribution is 7.47. The molecule has 1 saturated carbocycles. The number of nitrogen functional groups attached to an aromatic ring is 1. The van der Waals surface area contributed by atoms with Crippen molar-refractivity contribution in [3.05, 3.63) is 53.7 Å². The zero-order chi connectivity index (χ0) is 40.0. The summed E-state index contributed by atoms with van der Waals surface area (Å²) in [6.45, 7) is 3.72. The molecule has 0 spiro atoms. The molecule has 2 aliphatic rings. The van der Waals surface area contributed by atoms with Crippen LogP contribution in [0.5, 0.6) is 0 Å². The number of nitrogens with zero attached hydrogens (tertiary/aromatic N) is 5. The zero-order valence-electron chi connectivity index (χ0n) is 33.3. The van der Waals surface area contributed by atoms with Gasteiger partial charge in [0.2, 0.25) is 0 Å². The molecule has 56 heavy (non-hydrogen) atoms. The Bertz CT molecular complexity index is 1740. The molecule has 2 unspecified atom stereocenters. The van der Waals surface area contributed by atoms with E-state index in [4.69, 9.17) is 29.5 Å². The number of pyridine rings is 1. The summed E-state index contributed by atoms with van der Waals surface area (Å²) in [6, 6.07) is 8.70. The van der Waals surface area contributed by atoms with Crippen molar-refractivity contribution in [2.45, 2.75) is 178 Å². The van der Waals surface area contributed by atoms with Crippen LogP contribution in [0.4, 0.5) is 5.82 Å². The number of phosphoric acid groups is 1. The summed E-state index contributed by atoms with van der Waals surface area (Å²) < 4.78 is 37.8. The second-order valence-corrected chi connectivity index (χ2v) is 17.2. The quantitative estimate of drug-likeness (QED) is 0.0406. The van der Waals surface area contributed by atoms with Crippen LogP contribution >= 0.6 is 7.82 Å². The number of hydrogen-bond acceptors (Lipinski definition) is 12. The van der Waals surface area contributed by atoms with Gasteiger partial charge >= 0.3 is 7.82 Å². The van der Waals surface area contributed by atoms with Crippen molar-refractivity contribution in [1.82, 2.24) is 19.6 Å². The van der Waals surface area contributed by atoms with Gasteiger partial charge in [0, 0.05) is 6.20 Å². The van der Waals surface area contributed by atoms with Gasteiger partial charge in [-0.05, 0) is 37.1 Å². The van der Waals surface area contributed by atoms with E-state index < -0.39 is 43.4 Å². The maximum absolute atomic E-state index is 13.2. The number of phosphoric ester groups is 1. The Morgan fingerprint density at radius 3 is 2.09 bits per heavy atom. The first-order valence-electron chi connectivity index (χ1n) is 20.8. The number of unbranched alkanes of at least 4 members (excludes halogenated alkanes) is 17. The predicted octanol–water partition coefficient (Wildman–Crippen LogP) is 8.03. The molecular formula is C41H63N6O8P. The van der Waals surface area contributed by atoms with E-state index in [0.717, 1.165) is 24.8 Å². The van der Waals surface area contributed by atoms with Crippen LogP contribution in [0.3, 0.4) is 0 Å². The lowest BCUT2D eigenvalue weighted by molar-refractivity contribution is -0.0816. The first-order chi connectivity index (χ1) is 27.0. The number of aliphatic hydroxyl groups is 2. The number of fused-ring (bicyclic) bond motifs is 2. The molecule has 0 amide bonds. The second-order valence-electron chi connectivity index (χ2n) is 15.8. The SMILES string of the molecule is CCCCCCCCCCCCCCCCCCCC[C@H](COP(=O)(O)OC1[C@@]2(C)O[C@@H](c3ccc4c(N)ncnn34)[C@H](O)[C@@]12O)OCc1ccc(C#N)nc1. The van der Waals surface area contributed by atoms with Gasteiger partial charge in [-0.25, -0.2) is 19.0 Å². The van der Waals surface area contributed by atoms with Gasteiger partial charge < -0.3 is 30.3 Å². The standard InChI is InChI=1S/C41H63N6O8P/c1-3-4-5-6-7-8-9-10-11-12-13-14-15-16-17-18-19-20-21-33(52-28-31-22-23-32(26-42)44-27-31)29-53-56(50,51)55-39-40(2)41(39,49)37(48)36(54-40)34-24-25-35-38(43)45-30-46-47(34)35/h22-25,27,30,33,36-37,39,48-49H,3-21,28-29H2,1-2H3,(H,50,51)(H2,43,45,46)/t33-,36+,37+,39?,40-,41-/m1/s1. The highest BCUT2D eigenvalue weighted by Crippen LogP contribution is 2.68. The summed E-state index contributed by atoms with van der Waals surface area (Å²) in [4.78, 5) is 18.8. The highest BCUT2D eigenvalue weighted by Gasteiger charge is 2.87. The average molecular weight is 799 g/mol. The predicted molar refractivity (Wildman–Crippen MR) is 212 cm³/mol. The summed E-state index contributed by atoms with van der Waals surface area (Å²) in [6.07, 6.45) is 22.1. The van der Waals surface area contributed by atoms with Gasteiger partial charge in [-0.1, -0.05) is 129 Å². The third-order valence-corrected chi connectivity index (χ3v) is 12.4. The summed E-state index contributed by atoms with van der Waals surface area (Å²) >= 11 is 0. The van der Waals surface area contributed by atoms with E-state index in [-0.39, 0.29) is 19.0 Å². The molecule has 1 aliphatic heterocycles. The second kappa shape index (κ2) is 21.1. The Hall–Kier alpha value is -2.99. The number of aromatic nitrogens is 4. The number of aliphatic hydroxyl groups excluding tert-OH is 1. The molecule has 5 rings (SSSR count). The summed E-state index contributed by atoms with van der Waals surface area (Å²) in [5.41, 5.74) is 4.46. The Labute approximate surface area is 331 Å². The lowest BCUT2D eigenvalue weighted by Gasteiger charge is -2.24. The molecule has 4 heterocycles. The fraction of sp³-hybridized carbons (Fsp3) is 0.707. The molecule has 1 aliphatic carbocycles. The van der Waals surface area contributed by atoms with Crippen molar-refractivity contribution >= 4 is 19.2 Å². The fourth-order valence-electron chi connectivity index (χ4n) is 7.94. The minimum Gasteiger partial charge on any atom is -0.387 e.